The van der Waals surface area contributed by atoms with Gasteiger partial charge in [-0.2, -0.15) is 0 Å². The number of ether oxygens (including phenoxy) is 1. The minimum atomic E-state index is -0.320. The van der Waals surface area contributed by atoms with Gasteiger partial charge in [0.15, 0.2) is 0 Å². The molecule has 1 amide bonds. The third-order valence-electron chi connectivity index (χ3n) is 5.26. The van der Waals surface area contributed by atoms with Crippen molar-refractivity contribution in [3.63, 3.8) is 0 Å². The largest absolute Gasteiger partial charge is 0.375 e. The van der Waals surface area contributed by atoms with Crippen LogP contribution < -0.4 is 5.32 Å². The van der Waals surface area contributed by atoms with Crippen LogP contribution in [0.25, 0.3) is 10.1 Å². The van der Waals surface area contributed by atoms with E-state index in [2.05, 4.69) is 24.4 Å². The van der Waals surface area contributed by atoms with E-state index >= 15 is 0 Å². The summed E-state index contributed by atoms with van der Waals surface area (Å²) in [4.78, 5) is 13.3. The number of nitrogens with one attached hydrogen (secondary N) is 1. The number of carbonyl (C=O) groups is 1. The van der Waals surface area contributed by atoms with Gasteiger partial charge in [0.1, 0.15) is 5.82 Å². The van der Waals surface area contributed by atoms with Crippen molar-refractivity contribution in [2.45, 2.75) is 20.0 Å². The van der Waals surface area contributed by atoms with Crippen LogP contribution in [0.4, 0.5) is 4.39 Å². The second-order valence-electron chi connectivity index (χ2n) is 7.57. The molecule has 4 aromatic rings. The van der Waals surface area contributed by atoms with Gasteiger partial charge in [-0.3, -0.25) is 4.79 Å². The molecule has 164 valence electrons. The van der Waals surface area contributed by atoms with Crippen LogP contribution in [0.3, 0.4) is 0 Å². The molecule has 0 fully saturated rings. The average molecular weight is 468 g/mol. The van der Waals surface area contributed by atoms with Gasteiger partial charge < -0.3 is 10.1 Å². The summed E-state index contributed by atoms with van der Waals surface area (Å²) < 4.78 is 20.7. The van der Waals surface area contributed by atoms with Crippen LogP contribution in [0, 0.1) is 12.7 Å². The average Bonchev–Trinajstić information content (AvgIpc) is 3.09. The first-order valence-corrected chi connectivity index (χ1v) is 11.6. The van der Waals surface area contributed by atoms with Crippen LogP contribution in [0.15, 0.2) is 66.7 Å². The molecule has 0 unspecified atom stereocenters. The van der Waals surface area contributed by atoms with Gasteiger partial charge in [-0.25, -0.2) is 4.39 Å². The number of fused-ring (bicyclic) bond motifs is 1. The molecule has 0 atom stereocenters. The minimum absolute atomic E-state index is 0.104. The molecule has 6 heteroatoms. The number of carbonyl (C=O) groups excluding carboxylic acids is 1. The summed E-state index contributed by atoms with van der Waals surface area (Å²) in [5.41, 5.74) is 3.80. The van der Waals surface area contributed by atoms with Crippen molar-refractivity contribution in [3.05, 3.63) is 105 Å². The zero-order valence-electron chi connectivity index (χ0n) is 17.7. The number of benzene rings is 3. The standard InChI is InChI=1S/C26H23ClFNO2S/c1-17-23-9-5-8-20(16-31-11-10-29-26(30)19-6-3-2-4-7-19)25(23)32-24(17)14-18-12-21(27)15-22(28)13-18/h2-9,12-13,15H,10-11,14,16H2,1H3,(H,29,30). The fourth-order valence-corrected chi connectivity index (χ4v) is 5.22. The Morgan fingerprint density at radius 1 is 1.09 bits per heavy atom. The number of halogens is 2. The second-order valence-corrected chi connectivity index (χ2v) is 9.11. The van der Waals surface area contributed by atoms with E-state index in [0.29, 0.717) is 36.8 Å². The van der Waals surface area contributed by atoms with E-state index in [4.69, 9.17) is 16.3 Å². The van der Waals surface area contributed by atoms with Gasteiger partial charge in [0.2, 0.25) is 0 Å². The van der Waals surface area contributed by atoms with Gasteiger partial charge in [-0.15, -0.1) is 11.3 Å². The van der Waals surface area contributed by atoms with Gasteiger partial charge in [-0.1, -0.05) is 48.0 Å². The second kappa shape index (κ2) is 10.3. The molecule has 0 aliphatic heterocycles. The minimum Gasteiger partial charge on any atom is -0.375 e. The Labute approximate surface area is 195 Å². The molecule has 1 heterocycles. The lowest BCUT2D eigenvalue weighted by atomic mass is 10.1. The smallest absolute Gasteiger partial charge is 0.251 e. The summed E-state index contributed by atoms with van der Waals surface area (Å²) in [5, 5.41) is 4.46. The van der Waals surface area contributed by atoms with Crippen LogP contribution in [0.1, 0.15) is 31.9 Å². The lowest BCUT2D eigenvalue weighted by Crippen LogP contribution is -2.27. The molecule has 0 saturated carbocycles. The monoisotopic (exact) mass is 467 g/mol. The predicted molar refractivity (Wildman–Crippen MR) is 129 cm³/mol. The highest BCUT2D eigenvalue weighted by atomic mass is 35.5. The fraction of sp³-hybridized carbons (Fsp3) is 0.192. The number of thiophene rings is 1. The summed E-state index contributed by atoms with van der Waals surface area (Å²) in [6.45, 7) is 3.43. The lowest BCUT2D eigenvalue weighted by Gasteiger charge is -2.07. The molecule has 1 N–H and O–H groups in total. The Bertz CT molecular complexity index is 1220. The lowest BCUT2D eigenvalue weighted by molar-refractivity contribution is 0.0902. The molecule has 32 heavy (non-hydrogen) atoms. The maximum absolute atomic E-state index is 13.7. The fourth-order valence-electron chi connectivity index (χ4n) is 3.64. The Balaban J connectivity index is 1.39. The van der Waals surface area contributed by atoms with Crippen molar-refractivity contribution in [2.75, 3.05) is 13.2 Å². The van der Waals surface area contributed by atoms with Crippen molar-refractivity contribution < 1.29 is 13.9 Å². The maximum atomic E-state index is 13.7. The van der Waals surface area contributed by atoms with E-state index in [0.717, 1.165) is 11.1 Å². The van der Waals surface area contributed by atoms with E-state index < -0.39 is 0 Å². The van der Waals surface area contributed by atoms with E-state index in [1.807, 2.05) is 30.3 Å². The molecule has 0 aliphatic rings. The molecule has 0 saturated heterocycles. The molecule has 0 aliphatic carbocycles. The molecular formula is C26H23ClFNO2S. The van der Waals surface area contributed by atoms with Crippen LogP contribution in [-0.4, -0.2) is 19.1 Å². The molecule has 3 aromatic carbocycles. The first kappa shape index (κ1) is 22.5. The van der Waals surface area contributed by atoms with E-state index in [1.54, 1.807) is 23.5 Å². The van der Waals surface area contributed by atoms with Crippen LogP contribution >= 0.6 is 22.9 Å². The topological polar surface area (TPSA) is 38.3 Å². The van der Waals surface area contributed by atoms with Gasteiger partial charge in [0, 0.05) is 33.1 Å². The predicted octanol–water partition coefficient (Wildman–Crippen LogP) is 6.54. The molecule has 0 spiro atoms. The normalized spacial score (nSPS) is 11.1. The number of hydrogen-bond acceptors (Lipinski definition) is 3. The summed E-state index contributed by atoms with van der Waals surface area (Å²) in [5.74, 6) is -0.424. The number of hydrogen-bond donors (Lipinski definition) is 1. The summed E-state index contributed by atoms with van der Waals surface area (Å²) in [6, 6.07) is 20.0. The van der Waals surface area contributed by atoms with Crippen molar-refractivity contribution in [1.29, 1.82) is 0 Å². The van der Waals surface area contributed by atoms with Crippen LogP contribution in [0.2, 0.25) is 5.02 Å². The van der Waals surface area contributed by atoms with Crippen molar-refractivity contribution in [1.82, 2.24) is 5.32 Å². The van der Waals surface area contributed by atoms with Gasteiger partial charge in [0.25, 0.3) is 5.91 Å². The Morgan fingerprint density at radius 2 is 1.91 bits per heavy atom. The SMILES string of the molecule is Cc1c(Cc2cc(F)cc(Cl)c2)sc2c(COCCNC(=O)c3ccccc3)cccc12. The molecule has 3 nitrogen and oxygen atoms in total. The van der Waals surface area contributed by atoms with Gasteiger partial charge in [0.05, 0.1) is 13.2 Å². The zero-order chi connectivity index (χ0) is 22.5. The maximum Gasteiger partial charge on any atom is 0.251 e. The summed E-state index contributed by atoms with van der Waals surface area (Å²) in [7, 11) is 0. The van der Waals surface area contributed by atoms with E-state index in [-0.39, 0.29) is 11.7 Å². The van der Waals surface area contributed by atoms with Crippen molar-refractivity contribution in [3.8, 4) is 0 Å². The molecule has 0 bridgehead atoms. The molecule has 1 aromatic heterocycles. The van der Waals surface area contributed by atoms with E-state index in [1.165, 1.54) is 32.7 Å². The van der Waals surface area contributed by atoms with Crippen LogP contribution in [0.5, 0.6) is 0 Å². The molecule has 4 rings (SSSR count). The molecule has 0 radical (unpaired) electrons. The highest BCUT2D eigenvalue weighted by Crippen LogP contribution is 2.35. The van der Waals surface area contributed by atoms with Crippen molar-refractivity contribution in [2.24, 2.45) is 0 Å². The molecular weight excluding hydrogens is 445 g/mol. The van der Waals surface area contributed by atoms with E-state index in [9.17, 15) is 9.18 Å². The first-order chi connectivity index (χ1) is 15.5. The first-order valence-electron chi connectivity index (χ1n) is 10.4. The number of aryl methyl sites for hydroxylation is 1. The Hall–Kier alpha value is -2.73. The number of amides is 1. The quantitative estimate of drug-likeness (QED) is 0.299. The zero-order valence-corrected chi connectivity index (χ0v) is 19.2. The van der Waals surface area contributed by atoms with Gasteiger partial charge in [-0.05, 0) is 59.3 Å². The summed E-state index contributed by atoms with van der Waals surface area (Å²) in [6.07, 6.45) is 0.633. The van der Waals surface area contributed by atoms with Gasteiger partial charge >= 0.3 is 0 Å². The summed E-state index contributed by atoms with van der Waals surface area (Å²) >= 11 is 7.73. The third-order valence-corrected chi connectivity index (χ3v) is 6.86. The van der Waals surface area contributed by atoms with Crippen molar-refractivity contribution >= 4 is 38.9 Å². The Morgan fingerprint density at radius 3 is 2.69 bits per heavy atom. The highest BCUT2D eigenvalue weighted by molar-refractivity contribution is 7.19. The highest BCUT2D eigenvalue weighted by Gasteiger charge is 2.13. The van der Waals surface area contributed by atoms with Crippen LogP contribution in [-0.2, 0) is 17.8 Å². The third kappa shape index (κ3) is 5.36. The Kier molecular flexibility index (Phi) is 7.20. The number of rotatable bonds is 8.